The number of piperidine rings is 1. The molecule has 1 aromatic rings. The highest BCUT2D eigenvalue weighted by molar-refractivity contribution is 5.77. The smallest absolute Gasteiger partial charge is 0.223 e. The number of hydrogen-bond donors (Lipinski definition) is 0. The second-order valence-corrected chi connectivity index (χ2v) is 8.49. The minimum Gasteiger partial charge on any atom is -0.361 e. The summed E-state index contributed by atoms with van der Waals surface area (Å²) in [5.41, 5.74) is 2.23. The third kappa shape index (κ3) is 3.62. The Hall–Kier alpha value is -1.36. The number of aromatic nitrogens is 1. The fraction of sp³-hybridized carbons (Fsp3) is 0.800. The number of nitrogens with zero attached hydrogens (tertiary/aromatic N) is 3. The maximum Gasteiger partial charge on any atom is 0.223 e. The molecule has 138 valence electrons. The van der Waals surface area contributed by atoms with Crippen molar-refractivity contribution in [2.45, 2.75) is 71.4 Å². The average Bonchev–Trinajstić information content (AvgIpc) is 3.10. The molecule has 4 aliphatic rings. The Labute approximate surface area is 150 Å². The van der Waals surface area contributed by atoms with Crippen LogP contribution in [0, 0.1) is 25.7 Å². The standard InChI is InChI=1S/C20H31N3O2/c1-14-19(15(2)25-21-14)13-22-10-17-7-8-18(12-22)23(11-17)20(24)9-16-5-3-4-6-16/h16-18H,3-13H2,1-2H3/t17-,18+/m1/s1. The van der Waals surface area contributed by atoms with Gasteiger partial charge in [-0.15, -0.1) is 0 Å². The molecule has 5 heteroatoms. The van der Waals surface area contributed by atoms with E-state index in [4.69, 9.17) is 4.52 Å². The van der Waals surface area contributed by atoms with Gasteiger partial charge in [0.15, 0.2) is 0 Å². The first-order valence-electron chi connectivity index (χ1n) is 10.0. The van der Waals surface area contributed by atoms with E-state index in [-0.39, 0.29) is 0 Å². The van der Waals surface area contributed by atoms with Crippen molar-refractivity contribution < 1.29 is 9.32 Å². The quantitative estimate of drug-likeness (QED) is 0.840. The number of amides is 1. The van der Waals surface area contributed by atoms with Crippen LogP contribution < -0.4 is 0 Å². The maximum atomic E-state index is 12.9. The van der Waals surface area contributed by atoms with Crippen molar-refractivity contribution in [2.75, 3.05) is 19.6 Å². The maximum absolute atomic E-state index is 12.9. The molecule has 25 heavy (non-hydrogen) atoms. The second kappa shape index (κ2) is 7.10. The van der Waals surface area contributed by atoms with E-state index in [2.05, 4.69) is 15.0 Å². The predicted molar refractivity (Wildman–Crippen MR) is 96.1 cm³/mol. The van der Waals surface area contributed by atoms with Gasteiger partial charge in [0.1, 0.15) is 5.76 Å². The molecule has 2 bridgehead atoms. The number of carbonyl (C=O) groups is 1. The summed E-state index contributed by atoms with van der Waals surface area (Å²) >= 11 is 0. The molecule has 3 aliphatic heterocycles. The minimum absolute atomic E-state index is 0.396. The van der Waals surface area contributed by atoms with E-state index in [1.807, 2.05) is 13.8 Å². The van der Waals surface area contributed by atoms with Gasteiger partial charge >= 0.3 is 0 Å². The molecule has 4 fully saturated rings. The van der Waals surface area contributed by atoms with Gasteiger partial charge in [0.25, 0.3) is 0 Å². The topological polar surface area (TPSA) is 49.6 Å². The van der Waals surface area contributed by atoms with Crippen LogP contribution in [0.4, 0.5) is 0 Å². The van der Waals surface area contributed by atoms with Crippen LogP contribution in [0.3, 0.4) is 0 Å². The van der Waals surface area contributed by atoms with Crippen molar-refractivity contribution >= 4 is 5.91 Å². The van der Waals surface area contributed by atoms with Gasteiger partial charge in [-0.1, -0.05) is 18.0 Å². The molecule has 0 aromatic carbocycles. The van der Waals surface area contributed by atoms with Crippen LogP contribution >= 0.6 is 0 Å². The lowest BCUT2D eigenvalue weighted by molar-refractivity contribution is -0.136. The van der Waals surface area contributed by atoms with Crippen molar-refractivity contribution in [3.05, 3.63) is 17.0 Å². The molecule has 4 heterocycles. The van der Waals surface area contributed by atoms with E-state index in [1.165, 1.54) is 44.1 Å². The van der Waals surface area contributed by atoms with Crippen LogP contribution in [0.1, 0.15) is 62.0 Å². The van der Waals surface area contributed by atoms with Gasteiger partial charge in [-0.2, -0.15) is 0 Å². The third-order valence-electron chi connectivity index (χ3n) is 6.61. The van der Waals surface area contributed by atoms with Crippen LogP contribution in [-0.2, 0) is 11.3 Å². The largest absolute Gasteiger partial charge is 0.361 e. The summed E-state index contributed by atoms with van der Waals surface area (Å²) in [6.07, 6.45) is 8.35. The molecule has 1 aliphatic carbocycles. The van der Waals surface area contributed by atoms with Gasteiger partial charge in [0.05, 0.1) is 5.69 Å². The second-order valence-electron chi connectivity index (χ2n) is 8.49. The van der Waals surface area contributed by atoms with Crippen LogP contribution in [-0.4, -0.2) is 46.5 Å². The number of fused-ring (bicyclic) bond motifs is 4. The molecule has 0 radical (unpaired) electrons. The van der Waals surface area contributed by atoms with E-state index in [0.717, 1.165) is 44.1 Å². The Balaban J connectivity index is 1.42. The Bertz CT molecular complexity index is 601. The summed E-state index contributed by atoms with van der Waals surface area (Å²) in [5.74, 6) is 2.61. The number of rotatable bonds is 4. The van der Waals surface area contributed by atoms with Gasteiger partial charge in [-0.3, -0.25) is 9.69 Å². The van der Waals surface area contributed by atoms with Crippen molar-refractivity contribution in [3.63, 3.8) is 0 Å². The lowest BCUT2D eigenvalue weighted by Gasteiger charge is -2.37. The van der Waals surface area contributed by atoms with Crippen LogP contribution in [0.2, 0.25) is 0 Å². The number of carbonyl (C=O) groups excluding carboxylic acids is 1. The Morgan fingerprint density at radius 1 is 1.12 bits per heavy atom. The molecular weight excluding hydrogens is 314 g/mol. The summed E-state index contributed by atoms with van der Waals surface area (Å²) in [6, 6.07) is 0.396. The first kappa shape index (κ1) is 17.1. The highest BCUT2D eigenvalue weighted by Gasteiger charge is 2.38. The molecule has 1 amide bonds. The zero-order chi connectivity index (χ0) is 17.4. The first-order valence-corrected chi connectivity index (χ1v) is 10.0. The molecule has 3 saturated heterocycles. The molecular formula is C20H31N3O2. The highest BCUT2D eigenvalue weighted by Crippen LogP contribution is 2.33. The molecule has 0 unspecified atom stereocenters. The summed E-state index contributed by atoms with van der Waals surface area (Å²) in [7, 11) is 0. The summed E-state index contributed by atoms with van der Waals surface area (Å²) in [6.45, 7) is 7.98. The van der Waals surface area contributed by atoms with E-state index < -0.39 is 0 Å². The number of aryl methyl sites for hydroxylation is 2. The Kier molecular flexibility index (Phi) is 4.85. The zero-order valence-electron chi connectivity index (χ0n) is 15.7. The van der Waals surface area contributed by atoms with E-state index in [0.29, 0.717) is 23.8 Å². The molecule has 0 N–H and O–H groups in total. The average molecular weight is 345 g/mol. The van der Waals surface area contributed by atoms with Crippen LogP contribution in [0.5, 0.6) is 0 Å². The lowest BCUT2D eigenvalue weighted by Crippen LogP contribution is -2.47. The fourth-order valence-electron chi connectivity index (χ4n) is 5.14. The van der Waals surface area contributed by atoms with E-state index in [9.17, 15) is 4.79 Å². The Morgan fingerprint density at radius 2 is 1.92 bits per heavy atom. The first-order chi connectivity index (χ1) is 12.1. The highest BCUT2D eigenvalue weighted by atomic mass is 16.5. The van der Waals surface area contributed by atoms with Gasteiger partial charge in [-0.05, 0) is 51.4 Å². The molecule has 5 nitrogen and oxygen atoms in total. The number of hydrogen-bond acceptors (Lipinski definition) is 4. The third-order valence-corrected chi connectivity index (χ3v) is 6.61. The molecule has 5 rings (SSSR count). The lowest BCUT2D eigenvalue weighted by atomic mass is 9.93. The van der Waals surface area contributed by atoms with Crippen LogP contribution in [0.25, 0.3) is 0 Å². The summed E-state index contributed by atoms with van der Waals surface area (Å²) in [5, 5.41) is 4.09. The van der Waals surface area contributed by atoms with Gasteiger partial charge in [0, 0.05) is 44.2 Å². The van der Waals surface area contributed by atoms with Gasteiger partial charge < -0.3 is 9.42 Å². The zero-order valence-corrected chi connectivity index (χ0v) is 15.7. The summed E-state index contributed by atoms with van der Waals surface area (Å²) in [4.78, 5) is 17.7. The molecule has 1 saturated carbocycles. The van der Waals surface area contributed by atoms with Crippen molar-refractivity contribution in [1.29, 1.82) is 0 Å². The van der Waals surface area contributed by atoms with Gasteiger partial charge in [-0.25, -0.2) is 0 Å². The monoisotopic (exact) mass is 345 g/mol. The van der Waals surface area contributed by atoms with Crippen molar-refractivity contribution in [3.8, 4) is 0 Å². The SMILES string of the molecule is Cc1noc(C)c1CN1C[C@H]2CC[C@@H](C1)N(C(=O)CC1CCCC1)C2. The molecule has 2 atom stereocenters. The molecule has 1 aromatic heterocycles. The van der Waals surface area contributed by atoms with Gasteiger partial charge in [0.2, 0.25) is 5.91 Å². The van der Waals surface area contributed by atoms with Crippen LogP contribution in [0.15, 0.2) is 4.52 Å². The normalized spacial score (nSPS) is 27.8. The van der Waals surface area contributed by atoms with E-state index >= 15 is 0 Å². The van der Waals surface area contributed by atoms with Crippen molar-refractivity contribution in [2.24, 2.45) is 11.8 Å². The fourth-order valence-corrected chi connectivity index (χ4v) is 5.14. The predicted octanol–water partition coefficient (Wildman–Crippen LogP) is 3.29. The molecule has 0 spiro atoms. The summed E-state index contributed by atoms with van der Waals surface area (Å²) < 4.78 is 5.33. The minimum atomic E-state index is 0.396. The van der Waals surface area contributed by atoms with E-state index in [1.54, 1.807) is 0 Å². The Morgan fingerprint density at radius 3 is 2.64 bits per heavy atom. The van der Waals surface area contributed by atoms with Crippen molar-refractivity contribution in [1.82, 2.24) is 15.0 Å².